The van der Waals surface area contributed by atoms with Crippen LogP contribution in [0.25, 0.3) is 10.4 Å². The van der Waals surface area contributed by atoms with Gasteiger partial charge in [-0.25, -0.2) is 4.98 Å². The van der Waals surface area contributed by atoms with Crippen molar-refractivity contribution in [2.24, 2.45) is 5.73 Å². The molecule has 0 saturated heterocycles. The summed E-state index contributed by atoms with van der Waals surface area (Å²) in [5.74, 6) is 0.0386. The SMILES string of the molecule is NCCCCCCC(=O)Nc1ncc(-c2ccccc2)s1. The second-order valence-electron chi connectivity index (χ2n) is 4.90. The molecule has 0 aliphatic carbocycles. The fraction of sp³-hybridized carbons (Fsp3) is 0.375. The van der Waals surface area contributed by atoms with Gasteiger partial charge in [-0.3, -0.25) is 4.79 Å². The standard InChI is InChI=1S/C16H21N3OS/c17-11-7-2-1-6-10-15(20)19-16-18-12-14(21-16)13-8-4-3-5-9-13/h3-5,8-9,12H,1-2,6-7,10-11,17H2,(H,18,19,20). The van der Waals surface area contributed by atoms with E-state index in [1.807, 2.05) is 30.3 Å². The van der Waals surface area contributed by atoms with Gasteiger partial charge in [0.05, 0.1) is 4.88 Å². The number of rotatable bonds is 8. The van der Waals surface area contributed by atoms with E-state index in [-0.39, 0.29) is 5.91 Å². The van der Waals surface area contributed by atoms with Gasteiger partial charge in [0, 0.05) is 12.6 Å². The Morgan fingerprint density at radius 2 is 1.90 bits per heavy atom. The topological polar surface area (TPSA) is 68.0 Å². The minimum absolute atomic E-state index is 0.0386. The third kappa shape index (κ3) is 5.28. The maximum Gasteiger partial charge on any atom is 0.226 e. The Bertz CT molecular complexity index is 554. The molecule has 0 fully saturated rings. The summed E-state index contributed by atoms with van der Waals surface area (Å²) < 4.78 is 0. The molecule has 3 N–H and O–H groups in total. The van der Waals surface area contributed by atoms with E-state index in [1.54, 1.807) is 6.20 Å². The highest BCUT2D eigenvalue weighted by molar-refractivity contribution is 7.19. The summed E-state index contributed by atoms with van der Waals surface area (Å²) >= 11 is 1.50. The van der Waals surface area contributed by atoms with Gasteiger partial charge < -0.3 is 11.1 Å². The maximum absolute atomic E-state index is 11.8. The Hall–Kier alpha value is -1.72. The van der Waals surface area contributed by atoms with E-state index in [9.17, 15) is 4.79 Å². The minimum Gasteiger partial charge on any atom is -0.330 e. The average molecular weight is 303 g/mol. The van der Waals surface area contributed by atoms with Gasteiger partial charge in [0.15, 0.2) is 5.13 Å². The number of anilines is 1. The van der Waals surface area contributed by atoms with E-state index >= 15 is 0 Å². The lowest BCUT2D eigenvalue weighted by atomic mass is 10.1. The molecule has 1 amide bonds. The lowest BCUT2D eigenvalue weighted by Gasteiger charge is -2.01. The Morgan fingerprint density at radius 3 is 2.67 bits per heavy atom. The Labute approximate surface area is 129 Å². The van der Waals surface area contributed by atoms with Crippen LogP contribution in [0.15, 0.2) is 36.5 Å². The number of carbonyl (C=O) groups excluding carboxylic acids is 1. The molecule has 0 atom stereocenters. The number of hydrogen-bond donors (Lipinski definition) is 2. The fourth-order valence-corrected chi connectivity index (χ4v) is 2.87. The molecule has 1 aromatic carbocycles. The van der Waals surface area contributed by atoms with Crippen LogP contribution in [-0.2, 0) is 4.79 Å². The quantitative estimate of drug-likeness (QED) is 0.731. The molecule has 0 aliphatic heterocycles. The molecule has 2 aromatic rings. The predicted molar refractivity (Wildman–Crippen MR) is 88.3 cm³/mol. The van der Waals surface area contributed by atoms with Crippen molar-refractivity contribution in [1.29, 1.82) is 0 Å². The van der Waals surface area contributed by atoms with E-state index in [1.165, 1.54) is 11.3 Å². The monoisotopic (exact) mass is 303 g/mol. The van der Waals surface area contributed by atoms with Crippen molar-refractivity contribution in [1.82, 2.24) is 4.98 Å². The first-order valence-electron chi connectivity index (χ1n) is 7.31. The van der Waals surface area contributed by atoms with Crippen LogP contribution in [0.5, 0.6) is 0 Å². The van der Waals surface area contributed by atoms with Gasteiger partial charge >= 0.3 is 0 Å². The molecule has 4 nitrogen and oxygen atoms in total. The number of aromatic nitrogens is 1. The van der Waals surface area contributed by atoms with E-state index in [2.05, 4.69) is 10.3 Å². The van der Waals surface area contributed by atoms with E-state index in [0.29, 0.717) is 11.6 Å². The normalized spacial score (nSPS) is 10.5. The maximum atomic E-state index is 11.8. The first-order valence-corrected chi connectivity index (χ1v) is 8.12. The number of thiazole rings is 1. The lowest BCUT2D eigenvalue weighted by molar-refractivity contribution is -0.116. The van der Waals surface area contributed by atoms with Crippen LogP contribution in [0.1, 0.15) is 32.1 Å². The number of nitrogens with two attached hydrogens (primary N) is 1. The van der Waals surface area contributed by atoms with E-state index < -0.39 is 0 Å². The van der Waals surface area contributed by atoms with Crippen LogP contribution in [0.4, 0.5) is 5.13 Å². The summed E-state index contributed by atoms with van der Waals surface area (Å²) in [5, 5.41) is 3.53. The Kier molecular flexibility index (Phi) is 6.37. The summed E-state index contributed by atoms with van der Waals surface area (Å²) in [5.41, 5.74) is 6.56. The summed E-state index contributed by atoms with van der Waals surface area (Å²) in [6.45, 7) is 0.730. The van der Waals surface area contributed by atoms with Crippen molar-refractivity contribution in [2.75, 3.05) is 11.9 Å². The van der Waals surface area contributed by atoms with Gasteiger partial charge in [0.25, 0.3) is 0 Å². The van der Waals surface area contributed by atoms with Gasteiger partial charge in [-0.05, 0) is 24.9 Å². The molecule has 112 valence electrons. The van der Waals surface area contributed by atoms with Crippen molar-refractivity contribution in [3.05, 3.63) is 36.5 Å². The smallest absolute Gasteiger partial charge is 0.226 e. The van der Waals surface area contributed by atoms with Crippen LogP contribution in [0.3, 0.4) is 0 Å². The lowest BCUT2D eigenvalue weighted by Crippen LogP contribution is -2.10. The van der Waals surface area contributed by atoms with Crippen LogP contribution in [0.2, 0.25) is 0 Å². The van der Waals surface area contributed by atoms with Gasteiger partial charge in [-0.1, -0.05) is 54.5 Å². The van der Waals surface area contributed by atoms with Crippen molar-refractivity contribution in [3.8, 4) is 10.4 Å². The zero-order valence-corrected chi connectivity index (χ0v) is 12.9. The third-order valence-corrected chi connectivity index (χ3v) is 4.13. The summed E-state index contributed by atoms with van der Waals surface area (Å²) in [7, 11) is 0. The molecular weight excluding hydrogens is 282 g/mol. The number of unbranched alkanes of at least 4 members (excludes halogenated alkanes) is 3. The second-order valence-corrected chi connectivity index (χ2v) is 5.93. The van der Waals surface area contributed by atoms with Gasteiger partial charge in [0.1, 0.15) is 0 Å². The summed E-state index contributed by atoms with van der Waals surface area (Å²) in [6.07, 6.45) is 6.44. The van der Waals surface area contributed by atoms with Crippen molar-refractivity contribution in [3.63, 3.8) is 0 Å². The number of carbonyl (C=O) groups is 1. The Morgan fingerprint density at radius 1 is 1.14 bits per heavy atom. The van der Waals surface area contributed by atoms with Crippen molar-refractivity contribution in [2.45, 2.75) is 32.1 Å². The van der Waals surface area contributed by atoms with Gasteiger partial charge in [0.2, 0.25) is 5.91 Å². The van der Waals surface area contributed by atoms with E-state index in [0.717, 1.165) is 42.7 Å². The molecule has 2 rings (SSSR count). The second kappa shape index (κ2) is 8.54. The molecule has 0 bridgehead atoms. The predicted octanol–water partition coefficient (Wildman–Crippen LogP) is 3.66. The van der Waals surface area contributed by atoms with Crippen LogP contribution < -0.4 is 11.1 Å². The zero-order chi connectivity index (χ0) is 14.9. The first kappa shape index (κ1) is 15.7. The number of amides is 1. The van der Waals surface area contributed by atoms with Crippen LogP contribution >= 0.6 is 11.3 Å². The van der Waals surface area contributed by atoms with Crippen molar-refractivity contribution >= 4 is 22.4 Å². The minimum atomic E-state index is 0.0386. The fourth-order valence-electron chi connectivity index (χ4n) is 2.03. The first-order chi connectivity index (χ1) is 10.3. The molecule has 0 aliphatic rings. The number of hydrogen-bond acceptors (Lipinski definition) is 4. The number of nitrogens with one attached hydrogen (secondary N) is 1. The van der Waals surface area contributed by atoms with E-state index in [4.69, 9.17) is 5.73 Å². The van der Waals surface area contributed by atoms with Crippen molar-refractivity contribution < 1.29 is 4.79 Å². The highest BCUT2D eigenvalue weighted by atomic mass is 32.1. The van der Waals surface area contributed by atoms with Crippen LogP contribution in [0, 0.1) is 0 Å². The highest BCUT2D eigenvalue weighted by Crippen LogP contribution is 2.28. The molecule has 21 heavy (non-hydrogen) atoms. The summed E-state index contributed by atoms with van der Waals surface area (Å²) in [6, 6.07) is 10.0. The molecular formula is C16H21N3OS. The van der Waals surface area contributed by atoms with Crippen LogP contribution in [-0.4, -0.2) is 17.4 Å². The molecule has 5 heteroatoms. The average Bonchev–Trinajstić information content (AvgIpc) is 2.96. The molecule has 0 saturated carbocycles. The number of nitrogens with zero attached hydrogens (tertiary/aromatic N) is 1. The largest absolute Gasteiger partial charge is 0.330 e. The molecule has 1 heterocycles. The molecule has 0 radical (unpaired) electrons. The van der Waals surface area contributed by atoms with Gasteiger partial charge in [-0.15, -0.1) is 0 Å². The Balaban J connectivity index is 1.78. The molecule has 0 spiro atoms. The van der Waals surface area contributed by atoms with Gasteiger partial charge in [-0.2, -0.15) is 0 Å². The molecule has 1 aromatic heterocycles. The zero-order valence-electron chi connectivity index (χ0n) is 12.0. The molecule has 0 unspecified atom stereocenters. The highest BCUT2D eigenvalue weighted by Gasteiger charge is 2.07. The number of benzene rings is 1. The summed E-state index contributed by atoms with van der Waals surface area (Å²) in [4.78, 5) is 17.1. The third-order valence-electron chi connectivity index (χ3n) is 3.17.